The number of Topliss-reactive ketones (excluding diaryl/α,β-unsaturated/α-hetero) is 1. The minimum atomic E-state index is -2.46. The lowest BCUT2D eigenvalue weighted by Crippen LogP contribution is -2.22. The van der Waals surface area contributed by atoms with E-state index in [0.717, 1.165) is 0 Å². The van der Waals surface area contributed by atoms with Crippen LogP contribution in [0.1, 0.15) is 26.3 Å². The van der Waals surface area contributed by atoms with Gasteiger partial charge in [-0.15, -0.1) is 0 Å². The maximum Gasteiger partial charge on any atom is 0.391 e. The molecule has 0 aromatic heterocycles. The summed E-state index contributed by atoms with van der Waals surface area (Å²) in [4.78, 5) is 29.6. The number of para-hydroxylation sites is 1. The first-order valence-electron chi connectivity index (χ1n) is 5.28. The molecule has 0 heterocycles. The highest BCUT2D eigenvalue weighted by molar-refractivity contribution is 7.39. The summed E-state index contributed by atoms with van der Waals surface area (Å²) >= 11 is 0. The fraction of sp³-hybridized carbons (Fsp3) is 0.417. The van der Waals surface area contributed by atoms with E-state index in [1.54, 1.807) is 24.3 Å². The molecule has 17 heavy (non-hydrogen) atoms. The molecule has 1 aromatic carbocycles. The van der Waals surface area contributed by atoms with Crippen LogP contribution < -0.4 is 4.52 Å². The molecule has 0 bridgehead atoms. The molecule has 2 N–H and O–H groups in total. The summed E-state index contributed by atoms with van der Waals surface area (Å²) in [5.41, 5.74) is 0.249. The van der Waals surface area contributed by atoms with Crippen molar-refractivity contribution in [2.45, 2.75) is 27.2 Å². The van der Waals surface area contributed by atoms with Gasteiger partial charge >= 0.3 is 8.60 Å². The molecular formula is C12H17O4P. The van der Waals surface area contributed by atoms with Gasteiger partial charge in [0.15, 0.2) is 0 Å². The van der Waals surface area contributed by atoms with E-state index in [9.17, 15) is 4.79 Å². The minimum absolute atomic E-state index is 0.0776. The van der Waals surface area contributed by atoms with E-state index in [4.69, 9.17) is 14.3 Å². The molecule has 1 rings (SSSR count). The van der Waals surface area contributed by atoms with E-state index in [1.807, 2.05) is 20.8 Å². The topological polar surface area (TPSA) is 66.8 Å². The van der Waals surface area contributed by atoms with Gasteiger partial charge in [-0.1, -0.05) is 39.0 Å². The molecule has 0 aliphatic carbocycles. The van der Waals surface area contributed by atoms with Crippen molar-refractivity contribution >= 4 is 14.4 Å². The second-order valence-corrected chi connectivity index (χ2v) is 5.49. The van der Waals surface area contributed by atoms with Crippen molar-refractivity contribution in [2.24, 2.45) is 5.41 Å². The van der Waals surface area contributed by atoms with Crippen molar-refractivity contribution in [1.82, 2.24) is 0 Å². The van der Waals surface area contributed by atoms with E-state index < -0.39 is 14.0 Å². The number of hydrogen-bond donors (Lipinski definition) is 2. The molecule has 1 aromatic rings. The largest absolute Gasteiger partial charge is 0.427 e. The Morgan fingerprint density at radius 1 is 1.29 bits per heavy atom. The van der Waals surface area contributed by atoms with Gasteiger partial charge < -0.3 is 14.3 Å². The Labute approximate surface area is 102 Å². The monoisotopic (exact) mass is 256 g/mol. The Kier molecular flexibility index (Phi) is 4.63. The number of carbonyl (C=O) groups excluding carboxylic acids is 1. The van der Waals surface area contributed by atoms with Crippen LogP contribution >= 0.6 is 8.60 Å². The Morgan fingerprint density at radius 2 is 1.88 bits per heavy atom. The predicted octanol–water partition coefficient (Wildman–Crippen LogP) is 2.43. The van der Waals surface area contributed by atoms with Crippen LogP contribution in [0.2, 0.25) is 0 Å². The zero-order valence-electron chi connectivity index (χ0n) is 10.2. The number of hydrogen-bond acceptors (Lipinski definition) is 4. The van der Waals surface area contributed by atoms with Crippen molar-refractivity contribution in [1.29, 1.82) is 0 Å². The molecule has 94 valence electrons. The average Bonchev–Trinajstić information content (AvgIpc) is 2.18. The zero-order chi connectivity index (χ0) is 13.1. The predicted molar refractivity (Wildman–Crippen MR) is 66.6 cm³/mol. The van der Waals surface area contributed by atoms with Crippen LogP contribution in [0.25, 0.3) is 0 Å². The molecule has 0 unspecified atom stereocenters. The van der Waals surface area contributed by atoms with Gasteiger partial charge in [0.25, 0.3) is 0 Å². The molecule has 0 amide bonds. The van der Waals surface area contributed by atoms with Gasteiger partial charge in [-0.2, -0.15) is 0 Å². The third-order valence-corrected chi connectivity index (χ3v) is 2.70. The summed E-state index contributed by atoms with van der Waals surface area (Å²) < 4.78 is 4.88. The third-order valence-electron chi connectivity index (χ3n) is 2.34. The SMILES string of the molecule is CC(C)(C)C(=O)Cc1ccccc1OP(O)O. The standard InChI is InChI=1S/C12H17O4P/c1-12(2,3)11(13)8-9-6-4-5-7-10(9)16-17(14)15/h4-7,14-15H,8H2,1-3H3. The zero-order valence-corrected chi connectivity index (χ0v) is 11.1. The summed E-state index contributed by atoms with van der Waals surface area (Å²) in [6, 6.07) is 6.87. The number of rotatable bonds is 4. The maximum absolute atomic E-state index is 11.9. The van der Waals surface area contributed by atoms with Crippen LogP contribution in [0, 0.1) is 5.41 Å². The lowest BCUT2D eigenvalue weighted by Gasteiger charge is -2.17. The van der Waals surface area contributed by atoms with Gasteiger partial charge in [-0.05, 0) is 6.07 Å². The summed E-state index contributed by atoms with van der Waals surface area (Å²) in [6.07, 6.45) is 0.225. The molecule has 0 saturated heterocycles. The first-order valence-corrected chi connectivity index (χ1v) is 6.44. The second kappa shape index (κ2) is 5.58. The second-order valence-electron chi connectivity index (χ2n) is 4.80. The molecular weight excluding hydrogens is 239 g/mol. The highest BCUT2D eigenvalue weighted by Crippen LogP contribution is 2.32. The van der Waals surface area contributed by atoms with E-state index in [0.29, 0.717) is 11.3 Å². The number of benzene rings is 1. The molecule has 0 aliphatic rings. The highest BCUT2D eigenvalue weighted by Gasteiger charge is 2.22. The molecule has 0 spiro atoms. The van der Waals surface area contributed by atoms with Crippen molar-refractivity contribution < 1.29 is 19.1 Å². The lowest BCUT2D eigenvalue weighted by molar-refractivity contribution is -0.125. The van der Waals surface area contributed by atoms with Crippen LogP contribution in [0.15, 0.2) is 24.3 Å². The molecule has 0 atom stereocenters. The number of ketones is 1. The molecule has 5 heteroatoms. The quantitative estimate of drug-likeness (QED) is 0.812. The van der Waals surface area contributed by atoms with E-state index in [1.165, 1.54) is 0 Å². The van der Waals surface area contributed by atoms with Crippen molar-refractivity contribution in [2.75, 3.05) is 0 Å². The van der Waals surface area contributed by atoms with Crippen LogP contribution in [-0.4, -0.2) is 15.6 Å². The van der Waals surface area contributed by atoms with Gasteiger partial charge in [0.2, 0.25) is 0 Å². The molecule has 0 aliphatic heterocycles. The average molecular weight is 256 g/mol. The van der Waals surface area contributed by atoms with Crippen molar-refractivity contribution in [3.8, 4) is 5.75 Å². The van der Waals surface area contributed by atoms with Crippen molar-refractivity contribution in [3.05, 3.63) is 29.8 Å². The normalized spacial score (nSPS) is 11.6. The fourth-order valence-electron chi connectivity index (χ4n) is 1.27. The fourth-order valence-corrected chi connectivity index (χ4v) is 1.62. The number of carbonyl (C=O) groups is 1. The van der Waals surface area contributed by atoms with Gasteiger partial charge in [0, 0.05) is 17.4 Å². The van der Waals surface area contributed by atoms with Gasteiger partial charge in [-0.3, -0.25) is 4.79 Å². The maximum atomic E-state index is 11.9. The van der Waals surface area contributed by atoms with E-state index in [2.05, 4.69) is 0 Å². The van der Waals surface area contributed by atoms with E-state index >= 15 is 0 Å². The van der Waals surface area contributed by atoms with Crippen LogP contribution in [-0.2, 0) is 11.2 Å². The Bertz CT molecular complexity index is 396. The third kappa shape index (κ3) is 4.43. The van der Waals surface area contributed by atoms with Crippen LogP contribution in [0.5, 0.6) is 5.75 Å². The summed E-state index contributed by atoms with van der Waals surface area (Å²) in [5.74, 6) is 0.426. The van der Waals surface area contributed by atoms with Gasteiger partial charge in [-0.25, -0.2) is 0 Å². The highest BCUT2D eigenvalue weighted by atomic mass is 31.2. The summed E-state index contributed by atoms with van der Waals surface area (Å²) in [7, 11) is -2.46. The molecule has 0 fully saturated rings. The molecule has 0 saturated carbocycles. The Balaban J connectivity index is 2.87. The summed E-state index contributed by atoms with van der Waals surface area (Å²) in [6.45, 7) is 5.55. The smallest absolute Gasteiger partial charge is 0.391 e. The summed E-state index contributed by atoms with van der Waals surface area (Å²) in [5, 5.41) is 0. The van der Waals surface area contributed by atoms with Crippen molar-refractivity contribution in [3.63, 3.8) is 0 Å². The Morgan fingerprint density at radius 3 is 2.41 bits per heavy atom. The first-order chi connectivity index (χ1) is 7.80. The molecule has 4 nitrogen and oxygen atoms in total. The van der Waals surface area contributed by atoms with Crippen LogP contribution in [0.3, 0.4) is 0 Å². The van der Waals surface area contributed by atoms with Gasteiger partial charge in [0.1, 0.15) is 11.5 Å². The molecule has 0 radical (unpaired) electrons. The lowest BCUT2D eigenvalue weighted by atomic mass is 9.87. The first kappa shape index (κ1) is 14.1. The van der Waals surface area contributed by atoms with Gasteiger partial charge in [0.05, 0.1) is 0 Å². The van der Waals surface area contributed by atoms with E-state index in [-0.39, 0.29) is 12.2 Å². The Hall–Kier alpha value is -0.960. The minimum Gasteiger partial charge on any atom is -0.427 e. The van der Waals surface area contributed by atoms with Crippen LogP contribution in [0.4, 0.5) is 0 Å².